The van der Waals surface area contributed by atoms with Crippen LogP contribution in [0.3, 0.4) is 0 Å². The Bertz CT molecular complexity index is 1350. The van der Waals surface area contributed by atoms with Gasteiger partial charge in [0.25, 0.3) is 0 Å². The average molecular weight is 409 g/mol. The summed E-state index contributed by atoms with van der Waals surface area (Å²) in [7, 11) is 1.87. The second-order valence-corrected chi connectivity index (χ2v) is 7.84. The van der Waals surface area contributed by atoms with Crippen molar-refractivity contribution in [1.82, 2.24) is 34.4 Å². The fourth-order valence-corrected chi connectivity index (χ4v) is 4.17. The van der Waals surface area contributed by atoms with E-state index >= 15 is 0 Å². The molecule has 9 nitrogen and oxygen atoms in total. The molecule has 0 spiro atoms. The second-order valence-electron chi connectivity index (χ2n) is 7.84. The van der Waals surface area contributed by atoms with E-state index in [9.17, 15) is 5.26 Å². The van der Waals surface area contributed by atoms with Gasteiger partial charge in [0.2, 0.25) is 0 Å². The number of pyridine rings is 2. The molecule has 5 rings (SSSR count). The number of fused-ring (bicyclic) bond motifs is 1. The van der Waals surface area contributed by atoms with Gasteiger partial charge in [-0.2, -0.15) is 20.7 Å². The number of hydrogen-bond acceptors (Lipinski definition) is 7. The van der Waals surface area contributed by atoms with Crippen LogP contribution in [0.25, 0.3) is 33.5 Å². The first kappa shape index (κ1) is 18.9. The van der Waals surface area contributed by atoms with Gasteiger partial charge in [-0.25, -0.2) is 4.98 Å². The molecule has 0 N–H and O–H groups in total. The van der Waals surface area contributed by atoms with Crippen LogP contribution in [0.5, 0.6) is 0 Å². The zero-order valence-electron chi connectivity index (χ0n) is 17.0. The van der Waals surface area contributed by atoms with Crippen LogP contribution in [-0.2, 0) is 12.6 Å². The molecule has 9 heteroatoms. The van der Waals surface area contributed by atoms with Crippen molar-refractivity contribution in [3.05, 3.63) is 49.1 Å². The molecule has 0 unspecified atom stereocenters. The molecule has 0 atom stereocenters. The van der Waals surface area contributed by atoms with Crippen LogP contribution >= 0.6 is 0 Å². The Hall–Kier alpha value is -4.08. The minimum Gasteiger partial charge on any atom is -0.286 e. The van der Waals surface area contributed by atoms with Crippen molar-refractivity contribution in [3.63, 3.8) is 0 Å². The van der Waals surface area contributed by atoms with E-state index in [0.29, 0.717) is 26.1 Å². The summed E-state index contributed by atoms with van der Waals surface area (Å²) in [5.41, 5.74) is 3.56. The van der Waals surface area contributed by atoms with Gasteiger partial charge in [0.1, 0.15) is 16.9 Å². The topological polar surface area (TPSA) is 112 Å². The molecule has 0 saturated carbocycles. The van der Waals surface area contributed by atoms with E-state index in [4.69, 9.17) is 15.3 Å². The number of aryl methyl sites for hydroxylation is 1. The fourth-order valence-electron chi connectivity index (χ4n) is 4.17. The van der Waals surface area contributed by atoms with E-state index in [-0.39, 0.29) is 0 Å². The summed E-state index contributed by atoms with van der Waals surface area (Å²) in [4.78, 5) is 11.4. The van der Waals surface area contributed by atoms with Crippen molar-refractivity contribution in [2.24, 2.45) is 7.05 Å². The average Bonchev–Trinajstić information content (AvgIpc) is 3.41. The van der Waals surface area contributed by atoms with Crippen molar-refractivity contribution in [3.8, 4) is 34.8 Å². The van der Waals surface area contributed by atoms with Gasteiger partial charge in [0.15, 0.2) is 0 Å². The molecule has 1 saturated heterocycles. The summed E-state index contributed by atoms with van der Waals surface area (Å²) in [6, 6.07) is 12.2. The number of nitrogens with zero attached hydrogens (tertiary/aromatic N) is 9. The van der Waals surface area contributed by atoms with E-state index in [1.807, 2.05) is 53.3 Å². The zero-order valence-corrected chi connectivity index (χ0v) is 17.0. The summed E-state index contributed by atoms with van der Waals surface area (Å²) in [5, 5.41) is 28.3. The van der Waals surface area contributed by atoms with Crippen LogP contribution in [0.15, 0.2) is 49.1 Å². The first-order chi connectivity index (χ1) is 15.1. The molecule has 4 aromatic heterocycles. The van der Waals surface area contributed by atoms with Gasteiger partial charge in [0, 0.05) is 49.7 Å². The number of nitriles is 2. The molecule has 0 aliphatic carbocycles. The number of aromatic nitrogens is 6. The molecule has 4 aromatic rings. The monoisotopic (exact) mass is 409 g/mol. The van der Waals surface area contributed by atoms with Crippen molar-refractivity contribution in [1.29, 1.82) is 10.5 Å². The third-order valence-electron chi connectivity index (χ3n) is 5.66. The van der Waals surface area contributed by atoms with E-state index in [1.165, 1.54) is 0 Å². The number of hydrogen-bond donors (Lipinski definition) is 0. The summed E-state index contributed by atoms with van der Waals surface area (Å²) in [6.07, 6.45) is 7.69. The Labute approximate surface area is 178 Å². The van der Waals surface area contributed by atoms with Gasteiger partial charge in [-0.15, -0.1) is 0 Å². The van der Waals surface area contributed by atoms with Crippen LogP contribution < -0.4 is 0 Å². The minimum atomic E-state index is -0.418. The largest absolute Gasteiger partial charge is 0.286 e. The lowest BCUT2D eigenvalue weighted by atomic mass is 9.87. The Morgan fingerprint density at radius 3 is 2.77 bits per heavy atom. The molecule has 5 heterocycles. The molecule has 0 bridgehead atoms. The Balaban J connectivity index is 1.58. The van der Waals surface area contributed by atoms with E-state index in [2.05, 4.69) is 22.2 Å². The van der Waals surface area contributed by atoms with E-state index in [1.54, 1.807) is 17.1 Å². The highest BCUT2D eigenvalue weighted by molar-refractivity contribution is 5.93. The molecule has 31 heavy (non-hydrogen) atoms. The van der Waals surface area contributed by atoms with Crippen LogP contribution in [-0.4, -0.2) is 54.1 Å². The summed E-state index contributed by atoms with van der Waals surface area (Å²) < 4.78 is 3.60. The molecule has 0 amide bonds. The molecular formula is C22H19N9. The minimum absolute atomic E-state index is 0.335. The predicted molar refractivity (Wildman–Crippen MR) is 113 cm³/mol. The molecule has 1 aliphatic heterocycles. The third-order valence-corrected chi connectivity index (χ3v) is 5.66. The van der Waals surface area contributed by atoms with Gasteiger partial charge in [-0.3, -0.25) is 19.2 Å². The summed E-state index contributed by atoms with van der Waals surface area (Å²) in [6.45, 7) is 1.60. The highest BCUT2D eigenvalue weighted by Gasteiger charge is 2.45. The quantitative estimate of drug-likeness (QED) is 0.465. The Kier molecular flexibility index (Phi) is 4.46. The van der Waals surface area contributed by atoms with Crippen molar-refractivity contribution < 1.29 is 0 Å². The standard InChI is InChI=1S/C22H19N9/c1-29-13-16(12-26-29)19-11-20-17(3-2-8-25-20)21(27-19)18-4-9-31(28-18)22(5-6-23)14-30(15-22)10-7-24/h2-4,8-9,11-13H,5,10,14-15H2,1H3. The maximum absolute atomic E-state index is 9.37. The maximum Gasteiger partial charge on any atom is 0.111 e. The van der Waals surface area contributed by atoms with E-state index in [0.717, 1.165) is 33.5 Å². The Morgan fingerprint density at radius 2 is 2.03 bits per heavy atom. The highest BCUT2D eigenvalue weighted by Crippen LogP contribution is 2.34. The first-order valence-electron chi connectivity index (χ1n) is 9.89. The molecule has 152 valence electrons. The molecule has 1 fully saturated rings. The molecular weight excluding hydrogens is 390 g/mol. The van der Waals surface area contributed by atoms with Gasteiger partial charge in [0.05, 0.1) is 42.5 Å². The maximum atomic E-state index is 9.37. The smallest absolute Gasteiger partial charge is 0.111 e. The SMILES string of the molecule is Cn1cc(-c2cc3ncccc3c(-c3ccn(C4(CC#N)CN(CC#N)C4)n3)n2)cn1. The van der Waals surface area contributed by atoms with Gasteiger partial charge >= 0.3 is 0 Å². The lowest BCUT2D eigenvalue weighted by Gasteiger charge is -2.48. The highest BCUT2D eigenvalue weighted by atomic mass is 15.4. The third kappa shape index (κ3) is 3.21. The van der Waals surface area contributed by atoms with Crippen molar-refractivity contribution >= 4 is 10.9 Å². The lowest BCUT2D eigenvalue weighted by Crippen LogP contribution is -2.62. The van der Waals surface area contributed by atoms with Gasteiger partial charge < -0.3 is 0 Å². The van der Waals surface area contributed by atoms with Gasteiger partial charge in [-0.05, 0) is 24.3 Å². The van der Waals surface area contributed by atoms with Crippen LogP contribution in [0.1, 0.15) is 6.42 Å². The molecule has 1 aliphatic rings. The Morgan fingerprint density at radius 1 is 1.16 bits per heavy atom. The van der Waals surface area contributed by atoms with Crippen LogP contribution in [0, 0.1) is 22.7 Å². The van der Waals surface area contributed by atoms with Crippen LogP contribution in [0.4, 0.5) is 0 Å². The fraction of sp³-hybridized carbons (Fsp3) is 0.273. The van der Waals surface area contributed by atoms with Gasteiger partial charge in [-0.1, -0.05) is 0 Å². The summed E-state index contributed by atoms with van der Waals surface area (Å²) in [5.74, 6) is 0. The first-order valence-corrected chi connectivity index (χ1v) is 9.89. The van der Waals surface area contributed by atoms with Crippen molar-refractivity contribution in [2.45, 2.75) is 12.0 Å². The van der Waals surface area contributed by atoms with Crippen molar-refractivity contribution in [2.75, 3.05) is 19.6 Å². The second kappa shape index (κ2) is 7.31. The lowest BCUT2D eigenvalue weighted by molar-refractivity contribution is 0.0158. The van der Waals surface area contributed by atoms with E-state index < -0.39 is 5.54 Å². The number of likely N-dealkylation sites (tertiary alicyclic amines) is 1. The normalized spacial score (nSPS) is 15.3. The number of rotatable bonds is 5. The molecule has 0 radical (unpaired) electrons. The predicted octanol–water partition coefficient (Wildman–Crippen LogP) is 2.34. The zero-order chi connectivity index (χ0) is 21.4. The van der Waals surface area contributed by atoms with Crippen LogP contribution in [0.2, 0.25) is 0 Å². The molecule has 0 aromatic carbocycles. The summed E-state index contributed by atoms with van der Waals surface area (Å²) >= 11 is 0.